The molecule has 3 N–H and O–H groups in total. The molecule has 1 saturated carbocycles. The molecule has 0 spiro atoms. The number of hydrogen-bond acceptors (Lipinski definition) is 4. The van der Waals surface area contributed by atoms with E-state index in [9.17, 15) is 9.90 Å². The van der Waals surface area contributed by atoms with Gasteiger partial charge in [-0.05, 0) is 50.3 Å². The minimum absolute atomic E-state index is 0.0264. The summed E-state index contributed by atoms with van der Waals surface area (Å²) in [6, 6.07) is 42.4. The maximum Gasteiger partial charge on any atom is 0.240 e. The van der Waals surface area contributed by atoms with Gasteiger partial charge in [0.05, 0.1) is 11.7 Å². The Labute approximate surface area is 328 Å². The molecule has 0 heterocycles. The molecular formula is C47H63NO4Si2. The minimum Gasteiger partial charge on any atom is -0.411 e. The van der Waals surface area contributed by atoms with Crippen LogP contribution in [-0.2, 0) is 13.6 Å². The SMILES string of the molecule is CC(C)(C)[C@H](C=CC1C(CC(N)=O)C(O)CC1(O[SiH](c1ccccc1)c1ccccc1)C(C)(C)C)CCCCCO[SiH](c1ccccc1)c1ccccc1. The van der Waals surface area contributed by atoms with E-state index in [1.807, 2.05) is 12.1 Å². The molecule has 0 aromatic heterocycles. The van der Waals surface area contributed by atoms with Crippen LogP contribution in [0.4, 0.5) is 0 Å². The van der Waals surface area contributed by atoms with Crippen molar-refractivity contribution in [2.45, 2.75) is 91.8 Å². The fourth-order valence-corrected chi connectivity index (χ4v) is 13.6. The molecule has 7 heteroatoms. The number of hydrogen-bond donors (Lipinski definition) is 2. The lowest BCUT2D eigenvalue weighted by Gasteiger charge is -2.48. The zero-order valence-corrected chi connectivity index (χ0v) is 35.7. The number of unbranched alkanes of at least 4 members (excludes halogenated alkanes) is 2. The molecule has 4 aromatic rings. The average Bonchev–Trinajstić information content (AvgIpc) is 3.42. The number of rotatable bonds is 17. The van der Waals surface area contributed by atoms with Crippen LogP contribution in [0.1, 0.15) is 80.1 Å². The van der Waals surface area contributed by atoms with Gasteiger partial charge in [0.1, 0.15) is 0 Å². The molecule has 5 nitrogen and oxygen atoms in total. The van der Waals surface area contributed by atoms with Crippen molar-refractivity contribution >= 4 is 44.7 Å². The molecule has 4 unspecified atom stereocenters. The van der Waals surface area contributed by atoms with Crippen LogP contribution in [0, 0.1) is 28.6 Å². The van der Waals surface area contributed by atoms with Gasteiger partial charge < -0.3 is 19.7 Å². The lowest BCUT2D eigenvalue weighted by Crippen LogP contribution is -2.58. The van der Waals surface area contributed by atoms with Crippen molar-refractivity contribution in [2.24, 2.45) is 34.3 Å². The van der Waals surface area contributed by atoms with Crippen LogP contribution in [0.5, 0.6) is 0 Å². The van der Waals surface area contributed by atoms with E-state index in [1.165, 1.54) is 20.7 Å². The van der Waals surface area contributed by atoms with E-state index >= 15 is 0 Å². The number of nitrogens with two attached hydrogens (primary N) is 1. The van der Waals surface area contributed by atoms with Gasteiger partial charge in [0, 0.05) is 31.3 Å². The van der Waals surface area contributed by atoms with Gasteiger partial charge in [0.25, 0.3) is 0 Å². The highest BCUT2D eigenvalue weighted by Crippen LogP contribution is 2.55. The zero-order valence-electron chi connectivity index (χ0n) is 33.4. The predicted octanol–water partition coefficient (Wildman–Crippen LogP) is 6.53. The average molecular weight is 762 g/mol. The lowest BCUT2D eigenvalue weighted by atomic mass is 9.68. The highest BCUT2D eigenvalue weighted by molar-refractivity contribution is 6.80. The second-order valence-electron chi connectivity index (χ2n) is 17.4. The largest absolute Gasteiger partial charge is 0.411 e. The quantitative estimate of drug-likeness (QED) is 0.0729. The third kappa shape index (κ3) is 10.6. The summed E-state index contributed by atoms with van der Waals surface area (Å²) in [5.41, 5.74) is 4.84. The Hall–Kier alpha value is -3.60. The Balaban J connectivity index is 1.35. The fourth-order valence-electron chi connectivity index (χ4n) is 8.44. The van der Waals surface area contributed by atoms with Crippen LogP contribution in [0.25, 0.3) is 0 Å². The Kier molecular flexibility index (Phi) is 14.5. The Morgan fingerprint density at radius 2 is 1.22 bits per heavy atom. The van der Waals surface area contributed by atoms with Crippen LogP contribution in [-0.4, -0.2) is 47.4 Å². The van der Waals surface area contributed by atoms with Gasteiger partial charge in [-0.15, -0.1) is 0 Å². The summed E-state index contributed by atoms with van der Waals surface area (Å²) >= 11 is 0. The van der Waals surface area contributed by atoms with Gasteiger partial charge in [0.2, 0.25) is 24.0 Å². The molecule has 1 fully saturated rings. The molecule has 0 aliphatic heterocycles. The standard InChI is InChI=1S/C47H63NO4Si2/c1-45(2,3)36(22-12-11-21-33-51-53(37-23-13-7-14-24-37)38-25-15-8-16-26-38)31-32-42-41(34-44(48)50)43(49)35-47(42,46(4,5)6)52-54(39-27-17-9-18-28-39)40-29-19-10-20-30-40/h7-10,13-20,23-32,36,41-43,49,53-54H,11-12,21-22,33-35H2,1-6H3,(H2,48,50)/t36-,41?,42?,43?,47?/m0/s1. The number of primary amides is 1. The molecule has 4 aromatic carbocycles. The molecule has 0 radical (unpaired) electrons. The lowest BCUT2D eigenvalue weighted by molar-refractivity contribution is -0.120. The summed E-state index contributed by atoms with van der Waals surface area (Å²) in [5.74, 6) is -0.613. The molecule has 0 saturated heterocycles. The van der Waals surface area contributed by atoms with E-state index in [1.54, 1.807) is 0 Å². The summed E-state index contributed by atoms with van der Waals surface area (Å²) in [4.78, 5) is 12.5. The first kappa shape index (κ1) is 41.6. The van der Waals surface area contributed by atoms with Gasteiger partial charge >= 0.3 is 0 Å². The molecule has 54 heavy (non-hydrogen) atoms. The van der Waals surface area contributed by atoms with E-state index in [2.05, 4.69) is 163 Å². The third-order valence-electron chi connectivity index (χ3n) is 11.6. The summed E-state index contributed by atoms with van der Waals surface area (Å²) < 4.78 is 14.3. The Morgan fingerprint density at radius 3 is 1.65 bits per heavy atom. The predicted molar refractivity (Wildman–Crippen MR) is 230 cm³/mol. The molecule has 0 bridgehead atoms. The summed E-state index contributed by atoms with van der Waals surface area (Å²) in [6.07, 6.45) is 8.80. The van der Waals surface area contributed by atoms with E-state index in [-0.39, 0.29) is 35.0 Å². The van der Waals surface area contributed by atoms with E-state index < -0.39 is 29.8 Å². The maximum absolute atomic E-state index is 12.5. The smallest absolute Gasteiger partial charge is 0.240 e. The highest BCUT2D eigenvalue weighted by Gasteiger charge is 2.59. The number of carbonyl (C=O) groups excluding carboxylic acids is 1. The van der Waals surface area contributed by atoms with Gasteiger partial charge in [-0.1, -0.05) is 188 Å². The molecule has 288 valence electrons. The van der Waals surface area contributed by atoms with Gasteiger partial charge in [0.15, 0.2) is 0 Å². The van der Waals surface area contributed by atoms with Crippen molar-refractivity contribution in [1.29, 1.82) is 0 Å². The first-order valence-corrected chi connectivity index (χ1v) is 23.2. The minimum atomic E-state index is -2.23. The number of amides is 1. The summed E-state index contributed by atoms with van der Waals surface area (Å²) in [5, 5.41) is 16.8. The van der Waals surface area contributed by atoms with Gasteiger partial charge in [-0.2, -0.15) is 0 Å². The number of aliphatic hydroxyl groups excluding tert-OH is 1. The van der Waals surface area contributed by atoms with Crippen molar-refractivity contribution in [3.8, 4) is 0 Å². The summed E-state index contributed by atoms with van der Waals surface area (Å²) in [6.45, 7) is 14.4. The number of carbonyl (C=O) groups is 1. The van der Waals surface area contributed by atoms with E-state index in [0.29, 0.717) is 12.3 Å². The molecule has 1 aliphatic rings. The first-order chi connectivity index (χ1) is 25.8. The zero-order chi connectivity index (χ0) is 38.8. The van der Waals surface area contributed by atoms with E-state index in [0.717, 1.165) is 32.3 Å². The second-order valence-corrected chi connectivity index (χ2v) is 22.1. The van der Waals surface area contributed by atoms with Crippen molar-refractivity contribution in [1.82, 2.24) is 0 Å². The number of allylic oxidation sites excluding steroid dienone is 1. The first-order valence-electron chi connectivity index (χ1n) is 19.9. The van der Waals surface area contributed by atoms with Crippen molar-refractivity contribution in [3.05, 3.63) is 133 Å². The van der Waals surface area contributed by atoms with Crippen LogP contribution in [0.2, 0.25) is 0 Å². The van der Waals surface area contributed by atoms with Gasteiger partial charge in [-0.25, -0.2) is 0 Å². The highest BCUT2D eigenvalue weighted by atomic mass is 28.3. The summed E-state index contributed by atoms with van der Waals surface area (Å²) in [7, 11) is -3.98. The molecule has 1 amide bonds. The molecular weight excluding hydrogens is 699 g/mol. The van der Waals surface area contributed by atoms with Crippen LogP contribution in [0.15, 0.2) is 133 Å². The van der Waals surface area contributed by atoms with Crippen LogP contribution >= 0.6 is 0 Å². The molecule has 5 rings (SSSR count). The van der Waals surface area contributed by atoms with E-state index in [4.69, 9.17) is 14.6 Å². The molecule has 1 aliphatic carbocycles. The van der Waals surface area contributed by atoms with Gasteiger partial charge in [-0.3, -0.25) is 4.79 Å². The van der Waals surface area contributed by atoms with Crippen molar-refractivity contribution in [3.63, 3.8) is 0 Å². The van der Waals surface area contributed by atoms with Crippen molar-refractivity contribution < 1.29 is 18.8 Å². The Bertz CT molecular complexity index is 1660. The molecule has 5 atom stereocenters. The van der Waals surface area contributed by atoms with Crippen LogP contribution < -0.4 is 26.5 Å². The third-order valence-corrected chi connectivity index (χ3v) is 16.7. The number of aliphatic hydroxyl groups is 1. The topological polar surface area (TPSA) is 81.8 Å². The second kappa shape index (κ2) is 18.8. The monoisotopic (exact) mass is 761 g/mol. The maximum atomic E-state index is 12.5. The number of benzene rings is 4. The van der Waals surface area contributed by atoms with Crippen LogP contribution in [0.3, 0.4) is 0 Å². The Morgan fingerprint density at radius 1 is 0.759 bits per heavy atom. The van der Waals surface area contributed by atoms with Crippen molar-refractivity contribution in [2.75, 3.05) is 6.61 Å². The normalized spacial score (nSPS) is 21.2. The fraction of sp³-hybridized carbons (Fsp3) is 0.426.